The summed E-state index contributed by atoms with van der Waals surface area (Å²) in [7, 11) is -3.67. The van der Waals surface area contributed by atoms with Crippen LogP contribution in [-0.4, -0.2) is 36.8 Å². The van der Waals surface area contributed by atoms with Gasteiger partial charge in [0.25, 0.3) is 0 Å². The zero-order valence-electron chi connectivity index (χ0n) is 9.78. The number of aromatic nitrogens is 1. The molecule has 1 saturated heterocycles. The number of pyridine rings is 1. The monoisotopic (exact) mass is 266 g/mol. The van der Waals surface area contributed by atoms with Crippen LogP contribution in [0.2, 0.25) is 0 Å². The largest absolute Gasteiger partial charge is 0.327 e. The summed E-state index contributed by atoms with van der Waals surface area (Å²) < 4.78 is 26.1. The van der Waals surface area contributed by atoms with E-state index in [-0.39, 0.29) is 16.6 Å². The zero-order chi connectivity index (χ0) is 13.2. The number of nitrogens with two attached hydrogens (primary N) is 1. The molecule has 7 heteroatoms. The molecule has 0 bridgehead atoms. The van der Waals surface area contributed by atoms with E-state index in [1.165, 1.54) is 22.6 Å². The second kappa shape index (κ2) is 5.02. The number of piperidine rings is 1. The smallest absolute Gasteiger partial charge is 0.246 e. The number of rotatable bonds is 2. The molecule has 1 fully saturated rings. The summed E-state index contributed by atoms with van der Waals surface area (Å²) in [4.78, 5) is 3.74. The second-order valence-corrected chi connectivity index (χ2v) is 6.13. The first-order valence-corrected chi connectivity index (χ1v) is 7.10. The lowest BCUT2D eigenvalue weighted by Gasteiger charge is -2.29. The van der Waals surface area contributed by atoms with Crippen LogP contribution in [0.1, 0.15) is 18.5 Å². The Morgan fingerprint density at radius 1 is 1.56 bits per heavy atom. The molecule has 0 saturated carbocycles. The van der Waals surface area contributed by atoms with Crippen LogP contribution in [0.25, 0.3) is 0 Å². The molecule has 0 radical (unpaired) electrons. The Balaban J connectivity index is 2.39. The molecule has 2 heterocycles. The van der Waals surface area contributed by atoms with Gasteiger partial charge in [-0.3, -0.25) is 0 Å². The van der Waals surface area contributed by atoms with Crippen molar-refractivity contribution in [2.75, 3.05) is 13.1 Å². The molecular formula is C11H14N4O2S. The molecule has 2 N–H and O–H groups in total. The average molecular weight is 266 g/mol. The van der Waals surface area contributed by atoms with Crippen LogP contribution in [0.5, 0.6) is 0 Å². The fourth-order valence-corrected chi connectivity index (χ4v) is 3.64. The molecule has 1 aromatic heterocycles. The maximum Gasteiger partial charge on any atom is 0.246 e. The number of hydrogen-bond donors (Lipinski definition) is 1. The summed E-state index contributed by atoms with van der Waals surface area (Å²) >= 11 is 0. The molecule has 0 amide bonds. The van der Waals surface area contributed by atoms with Gasteiger partial charge in [0.1, 0.15) is 11.0 Å². The van der Waals surface area contributed by atoms with Crippen molar-refractivity contribution < 1.29 is 8.42 Å². The van der Waals surface area contributed by atoms with E-state index >= 15 is 0 Å². The van der Waals surface area contributed by atoms with Crippen molar-refractivity contribution in [3.8, 4) is 6.07 Å². The molecule has 18 heavy (non-hydrogen) atoms. The van der Waals surface area contributed by atoms with E-state index in [1.807, 2.05) is 0 Å². The Hall–Kier alpha value is -1.49. The van der Waals surface area contributed by atoms with Crippen LogP contribution in [-0.2, 0) is 10.0 Å². The molecule has 1 aromatic rings. The summed E-state index contributed by atoms with van der Waals surface area (Å²) in [5.41, 5.74) is 5.71. The van der Waals surface area contributed by atoms with Crippen molar-refractivity contribution in [1.82, 2.24) is 9.29 Å². The van der Waals surface area contributed by atoms with E-state index in [2.05, 4.69) is 4.98 Å². The number of nitriles is 1. The summed E-state index contributed by atoms with van der Waals surface area (Å²) in [5, 5.41) is 8.91. The first-order valence-electron chi connectivity index (χ1n) is 5.66. The van der Waals surface area contributed by atoms with Crippen molar-refractivity contribution in [3.05, 3.63) is 24.0 Å². The van der Waals surface area contributed by atoms with Crippen molar-refractivity contribution in [2.24, 2.45) is 5.73 Å². The minimum absolute atomic E-state index is 0.0402. The fourth-order valence-electron chi connectivity index (χ4n) is 2.01. The Morgan fingerprint density at radius 2 is 2.33 bits per heavy atom. The Kier molecular flexibility index (Phi) is 3.61. The van der Waals surface area contributed by atoms with Crippen LogP contribution in [0.15, 0.2) is 23.2 Å². The van der Waals surface area contributed by atoms with E-state index < -0.39 is 10.0 Å². The molecule has 2 rings (SSSR count). The van der Waals surface area contributed by atoms with E-state index in [0.29, 0.717) is 13.1 Å². The van der Waals surface area contributed by atoms with Crippen LogP contribution in [0.3, 0.4) is 0 Å². The number of sulfonamides is 1. The van der Waals surface area contributed by atoms with Crippen LogP contribution < -0.4 is 5.73 Å². The van der Waals surface area contributed by atoms with Gasteiger partial charge in [-0.2, -0.15) is 9.57 Å². The minimum Gasteiger partial charge on any atom is -0.327 e. The van der Waals surface area contributed by atoms with Gasteiger partial charge in [-0.05, 0) is 25.0 Å². The van der Waals surface area contributed by atoms with Gasteiger partial charge in [0.05, 0.1) is 0 Å². The van der Waals surface area contributed by atoms with Gasteiger partial charge < -0.3 is 5.73 Å². The average Bonchev–Trinajstić information content (AvgIpc) is 2.38. The first-order chi connectivity index (χ1) is 8.55. The molecule has 1 atom stereocenters. The molecule has 0 aromatic carbocycles. The van der Waals surface area contributed by atoms with Crippen molar-refractivity contribution >= 4 is 10.0 Å². The Morgan fingerprint density at radius 3 is 3.00 bits per heavy atom. The van der Waals surface area contributed by atoms with Crippen LogP contribution in [0, 0.1) is 11.3 Å². The highest BCUT2D eigenvalue weighted by Gasteiger charge is 2.30. The molecule has 1 unspecified atom stereocenters. The third-order valence-corrected chi connectivity index (χ3v) is 4.81. The quantitative estimate of drug-likeness (QED) is 0.816. The second-order valence-electron chi connectivity index (χ2n) is 4.23. The predicted molar refractivity (Wildman–Crippen MR) is 64.9 cm³/mol. The third kappa shape index (κ3) is 2.36. The zero-order valence-corrected chi connectivity index (χ0v) is 10.6. The van der Waals surface area contributed by atoms with Crippen LogP contribution in [0.4, 0.5) is 0 Å². The Labute approximate surface area is 106 Å². The molecule has 0 aliphatic carbocycles. The van der Waals surface area contributed by atoms with Crippen molar-refractivity contribution in [3.63, 3.8) is 0 Å². The topological polar surface area (TPSA) is 100 Å². The van der Waals surface area contributed by atoms with E-state index in [9.17, 15) is 8.42 Å². The number of nitrogens with zero attached hydrogens (tertiary/aromatic N) is 3. The summed E-state index contributed by atoms with van der Waals surface area (Å²) in [5.74, 6) is 0. The number of hydrogen-bond acceptors (Lipinski definition) is 5. The lowest BCUT2D eigenvalue weighted by molar-refractivity contribution is 0.316. The van der Waals surface area contributed by atoms with Gasteiger partial charge in [-0.1, -0.05) is 0 Å². The SMILES string of the molecule is N#Cc1ncccc1S(=O)(=O)N1CCCC(N)C1. The van der Waals surface area contributed by atoms with E-state index in [4.69, 9.17) is 11.0 Å². The normalized spacial score (nSPS) is 21.4. The lowest BCUT2D eigenvalue weighted by atomic mass is 10.1. The molecule has 0 spiro atoms. The molecular weight excluding hydrogens is 252 g/mol. The van der Waals surface area contributed by atoms with Gasteiger partial charge in [-0.15, -0.1) is 0 Å². The standard InChI is InChI=1S/C11H14N4O2S/c12-7-10-11(4-1-5-14-10)18(16,17)15-6-2-3-9(13)8-15/h1,4-5,9H,2-3,6,8,13H2. The molecule has 96 valence electrons. The van der Waals surface area contributed by atoms with Gasteiger partial charge in [0.15, 0.2) is 5.69 Å². The van der Waals surface area contributed by atoms with Gasteiger partial charge in [0, 0.05) is 25.3 Å². The summed E-state index contributed by atoms with van der Waals surface area (Å²) in [6.45, 7) is 0.734. The first kappa shape index (κ1) is 13.0. The lowest BCUT2D eigenvalue weighted by Crippen LogP contribution is -2.45. The van der Waals surface area contributed by atoms with E-state index in [0.717, 1.165) is 12.8 Å². The van der Waals surface area contributed by atoms with Gasteiger partial charge >= 0.3 is 0 Å². The highest BCUT2D eigenvalue weighted by Crippen LogP contribution is 2.21. The van der Waals surface area contributed by atoms with Gasteiger partial charge in [-0.25, -0.2) is 13.4 Å². The maximum atomic E-state index is 12.4. The Bertz CT molecular complexity index is 579. The predicted octanol–water partition coefficient (Wildman–Crippen LogP) is 0.0651. The summed E-state index contributed by atoms with van der Waals surface area (Å²) in [6.07, 6.45) is 2.96. The maximum absolute atomic E-state index is 12.4. The third-order valence-electron chi connectivity index (χ3n) is 2.91. The highest BCUT2D eigenvalue weighted by molar-refractivity contribution is 7.89. The fraction of sp³-hybridized carbons (Fsp3) is 0.455. The molecule has 6 nitrogen and oxygen atoms in total. The molecule has 1 aliphatic heterocycles. The van der Waals surface area contributed by atoms with E-state index in [1.54, 1.807) is 6.07 Å². The van der Waals surface area contributed by atoms with Gasteiger partial charge in [0.2, 0.25) is 10.0 Å². The van der Waals surface area contributed by atoms with Crippen molar-refractivity contribution in [2.45, 2.75) is 23.8 Å². The van der Waals surface area contributed by atoms with Crippen LogP contribution >= 0.6 is 0 Å². The minimum atomic E-state index is -3.67. The summed E-state index contributed by atoms with van der Waals surface area (Å²) in [6, 6.07) is 4.58. The highest BCUT2D eigenvalue weighted by atomic mass is 32.2. The van der Waals surface area contributed by atoms with Crippen molar-refractivity contribution in [1.29, 1.82) is 5.26 Å². The molecule has 1 aliphatic rings.